The van der Waals surface area contributed by atoms with Gasteiger partial charge in [0.25, 0.3) is 5.91 Å². The molecule has 1 aliphatic rings. The second kappa shape index (κ2) is 13.3. The minimum atomic E-state index is -0.300. The summed E-state index contributed by atoms with van der Waals surface area (Å²) in [7, 11) is 1.82. The van der Waals surface area contributed by atoms with Crippen molar-refractivity contribution in [2.75, 3.05) is 20.2 Å². The molecular weight excluding hydrogens is 494 g/mol. The van der Waals surface area contributed by atoms with Crippen LogP contribution in [0.5, 0.6) is 0 Å². The van der Waals surface area contributed by atoms with Gasteiger partial charge in [0.05, 0.1) is 6.61 Å². The number of rotatable bonds is 2. The van der Waals surface area contributed by atoms with Crippen LogP contribution in [0.4, 0.5) is 0 Å². The Kier molecular flexibility index (Phi) is 10.7. The van der Waals surface area contributed by atoms with Gasteiger partial charge in [-0.2, -0.15) is 0 Å². The molecule has 3 nitrogen and oxygen atoms in total. The van der Waals surface area contributed by atoms with Crippen molar-refractivity contribution in [3.8, 4) is 0 Å². The summed E-state index contributed by atoms with van der Waals surface area (Å²) in [6.45, 7) is 1.34. The minimum absolute atomic E-state index is 0.0881. The van der Waals surface area contributed by atoms with Gasteiger partial charge in [0, 0.05) is 29.0 Å². The van der Waals surface area contributed by atoms with E-state index < -0.39 is 0 Å². The van der Waals surface area contributed by atoms with Crippen LogP contribution in [0.15, 0.2) is 99.9 Å². The number of likely N-dealkylation sites (N-methyl/N-ethyl adjacent to an activating group) is 1. The lowest BCUT2D eigenvalue weighted by molar-refractivity contribution is -0.150. The van der Waals surface area contributed by atoms with Gasteiger partial charge in [-0.15, -0.1) is 0 Å². The fourth-order valence-corrected chi connectivity index (χ4v) is 3.17. The van der Waals surface area contributed by atoms with Crippen LogP contribution in [0, 0.1) is 0 Å². The van der Waals surface area contributed by atoms with E-state index in [1.807, 2.05) is 98.0 Å². The summed E-state index contributed by atoms with van der Waals surface area (Å²) in [5, 5.41) is 0. The predicted molar refractivity (Wildman–Crippen MR) is 126 cm³/mol. The van der Waals surface area contributed by atoms with Gasteiger partial charge in [-0.05, 0) is 29.8 Å². The van der Waals surface area contributed by atoms with Gasteiger partial charge in [0.1, 0.15) is 6.10 Å². The lowest BCUT2D eigenvalue weighted by atomic mass is 10.1. The number of morpholine rings is 1. The van der Waals surface area contributed by atoms with E-state index in [0.717, 1.165) is 14.5 Å². The van der Waals surface area contributed by atoms with Gasteiger partial charge in [0.2, 0.25) is 0 Å². The maximum Gasteiger partial charge on any atom is 0.251 e. The number of hydrogen-bond acceptors (Lipinski definition) is 2. The first-order valence-corrected chi connectivity index (χ1v) is 11.0. The molecular formula is C24H25Br2NO2. The third-order valence-electron chi connectivity index (χ3n) is 4.13. The highest BCUT2D eigenvalue weighted by molar-refractivity contribution is 9.10. The van der Waals surface area contributed by atoms with Gasteiger partial charge in [0.15, 0.2) is 0 Å². The van der Waals surface area contributed by atoms with E-state index in [1.54, 1.807) is 4.90 Å². The Labute approximate surface area is 190 Å². The van der Waals surface area contributed by atoms with E-state index in [-0.39, 0.29) is 12.0 Å². The average molecular weight is 519 g/mol. The maximum atomic E-state index is 11.7. The molecule has 1 saturated heterocycles. The Hall–Kier alpha value is -1.95. The molecule has 4 rings (SSSR count). The number of ether oxygens (including phenoxy) is 1. The van der Waals surface area contributed by atoms with Crippen molar-refractivity contribution in [2.45, 2.75) is 12.5 Å². The number of carbonyl (C=O) groups is 1. The van der Waals surface area contributed by atoms with Gasteiger partial charge >= 0.3 is 0 Å². The molecule has 0 aliphatic carbocycles. The SMILES string of the molecule is Brc1ccccc1.Brc1ccccc1.CN1CCO[C@H](Cc2ccccc2)C1=O. The van der Waals surface area contributed by atoms with Crippen LogP contribution in [-0.2, 0) is 16.0 Å². The fourth-order valence-electron chi connectivity index (χ4n) is 2.56. The summed E-state index contributed by atoms with van der Waals surface area (Å²) in [6.07, 6.45) is 0.371. The Morgan fingerprint density at radius 2 is 1.28 bits per heavy atom. The van der Waals surface area contributed by atoms with Crippen LogP contribution in [0.1, 0.15) is 5.56 Å². The first kappa shape index (κ1) is 23.3. The molecule has 3 aromatic rings. The quantitative estimate of drug-likeness (QED) is 0.417. The van der Waals surface area contributed by atoms with Gasteiger partial charge in [-0.3, -0.25) is 4.79 Å². The van der Waals surface area contributed by atoms with E-state index in [2.05, 4.69) is 31.9 Å². The van der Waals surface area contributed by atoms with Crippen molar-refractivity contribution in [3.05, 3.63) is 106 Å². The molecule has 0 bridgehead atoms. The van der Waals surface area contributed by atoms with Gasteiger partial charge in [-0.25, -0.2) is 0 Å². The molecule has 29 heavy (non-hydrogen) atoms. The van der Waals surface area contributed by atoms with Crippen molar-refractivity contribution in [1.82, 2.24) is 4.90 Å². The zero-order valence-electron chi connectivity index (χ0n) is 16.4. The molecule has 0 saturated carbocycles. The molecule has 1 aliphatic heterocycles. The topological polar surface area (TPSA) is 29.5 Å². The van der Waals surface area contributed by atoms with E-state index in [0.29, 0.717) is 19.6 Å². The number of amides is 1. The van der Waals surface area contributed by atoms with Gasteiger partial charge < -0.3 is 9.64 Å². The summed E-state index contributed by atoms with van der Waals surface area (Å²) in [5.74, 6) is 0.0881. The lowest BCUT2D eigenvalue weighted by Crippen LogP contribution is -2.46. The van der Waals surface area contributed by atoms with Crippen molar-refractivity contribution in [1.29, 1.82) is 0 Å². The summed E-state index contributed by atoms with van der Waals surface area (Å²) in [6, 6.07) is 29.9. The summed E-state index contributed by atoms with van der Waals surface area (Å²) >= 11 is 6.62. The van der Waals surface area contributed by atoms with Crippen LogP contribution in [0.2, 0.25) is 0 Å². The molecule has 3 aromatic carbocycles. The Bertz CT molecular complexity index is 792. The van der Waals surface area contributed by atoms with Gasteiger partial charge in [-0.1, -0.05) is 98.6 Å². The molecule has 0 unspecified atom stereocenters. The second-order valence-corrected chi connectivity index (χ2v) is 8.23. The smallest absolute Gasteiger partial charge is 0.251 e. The number of hydrogen-bond donors (Lipinski definition) is 0. The fraction of sp³-hybridized carbons (Fsp3) is 0.208. The molecule has 0 radical (unpaired) electrons. The van der Waals surface area contributed by atoms with E-state index in [1.165, 1.54) is 0 Å². The lowest BCUT2D eigenvalue weighted by Gasteiger charge is -2.29. The third kappa shape index (κ3) is 9.39. The monoisotopic (exact) mass is 517 g/mol. The molecule has 0 N–H and O–H groups in total. The highest BCUT2D eigenvalue weighted by atomic mass is 79.9. The number of halogens is 2. The van der Waals surface area contributed by atoms with E-state index >= 15 is 0 Å². The van der Waals surface area contributed by atoms with Crippen LogP contribution >= 0.6 is 31.9 Å². The predicted octanol–water partition coefficient (Wildman–Crippen LogP) is 5.98. The molecule has 152 valence electrons. The summed E-state index contributed by atoms with van der Waals surface area (Å²) in [5.41, 5.74) is 1.14. The van der Waals surface area contributed by atoms with Crippen LogP contribution in [0.3, 0.4) is 0 Å². The Morgan fingerprint density at radius 1 is 0.828 bits per heavy atom. The number of carbonyl (C=O) groups excluding carboxylic acids is 1. The zero-order chi connectivity index (χ0) is 20.9. The number of nitrogens with zero attached hydrogens (tertiary/aromatic N) is 1. The normalized spacial score (nSPS) is 15.5. The highest BCUT2D eigenvalue weighted by Crippen LogP contribution is 2.11. The first-order chi connectivity index (χ1) is 14.1. The summed E-state index contributed by atoms with van der Waals surface area (Å²) < 4.78 is 7.74. The zero-order valence-corrected chi connectivity index (χ0v) is 19.6. The average Bonchev–Trinajstić information content (AvgIpc) is 2.74. The molecule has 1 fully saturated rings. The maximum absolute atomic E-state index is 11.7. The Balaban J connectivity index is 0.000000178. The van der Waals surface area contributed by atoms with Crippen molar-refractivity contribution >= 4 is 37.8 Å². The summed E-state index contributed by atoms with van der Waals surface area (Å²) in [4.78, 5) is 13.5. The minimum Gasteiger partial charge on any atom is -0.366 e. The number of benzene rings is 3. The molecule has 0 aromatic heterocycles. The van der Waals surface area contributed by atoms with Crippen molar-refractivity contribution in [2.24, 2.45) is 0 Å². The van der Waals surface area contributed by atoms with Crippen molar-refractivity contribution < 1.29 is 9.53 Å². The molecule has 1 amide bonds. The molecule has 1 heterocycles. The first-order valence-electron chi connectivity index (χ1n) is 9.38. The largest absolute Gasteiger partial charge is 0.366 e. The molecule has 0 spiro atoms. The molecule has 1 atom stereocenters. The van der Waals surface area contributed by atoms with Crippen LogP contribution in [0.25, 0.3) is 0 Å². The van der Waals surface area contributed by atoms with Crippen molar-refractivity contribution in [3.63, 3.8) is 0 Å². The third-order valence-corrected chi connectivity index (χ3v) is 5.18. The van der Waals surface area contributed by atoms with Crippen LogP contribution in [-0.4, -0.2) is 37.1 Å². The highest BCUT2D eigenvalue weighted by Gasteiger charge is 2.26. The van der Waals surface area contributed by atoms with E-state index in [4.69, 9.17) is 4.74 Å². The second-order valence-electron chi connectivity index (χ2n) is 6.40. The molecule has 5 heteroatoms. The Morgan fingerprint density at radius 3 is 1.69 bits per heavy atom. The van der Waals surface area contributed by atoms with E-state index in [9.17, 15) is 4.79 Å². The standard InChI is InChI=1S/C12H15NO2.2C6H5Br/c1-13-7-8-15-11(12(13)14)9-10-5-3-2-4-6-10;2*7-6-4-2-1-3-5-6/h2-6,11H,7-9H2,1H3;2*1-5H/t11-;;/m1../s1. The van der Waals surface area contributed by atoms with Crippen LogP contribution < -0.4 is 0 Å².